The first-order valence-electron chi connectivity index (χ1n) is 5.69. The minimum atomic E-state index is -3.65. The largest absolute Gasteiger partial charge is 0.286 e. The lowest BCUT2D eigenvalue weighted by atomic mass is 10.4. The van der Waals surface area contributed by atoms with E-state index < -0.39 is 10.0 Å². The van der Waals surface area contributed by atoms with Crippen molar-refractivity contribution in [3.63, 3.8) is 0 Å². The second-order valence-electron chi connectivity index (χ2n) is 4.21. The van der Waals surface area contributed by atoms with Gasteiger partial charge in [-0.3, -0.25) is 4.68 Å². The van der Waals surface area contributed by atoms with Gasteiger partial charge in [-0.2, -0.15) is 22.7 Å². The van der Waals surface area contributed by atoms with E-state index in [1.54, 1.807) is 37.7 Å². The molecule has 18 heavy (non-hydrogen) atoms. The van der Waals surface area contributed by atoms with E-state index >= 15 is 0 Å². The summed E-state index contributed by atoms with van der Waals surface area (Å²) in [5, 5.41) is 8.18. The molecule has 0 amide bonds. The van der Waals surface area contributed by atoms with Crippen LogP contribution in [0.15, 0.2) is 17.2 Å². The topological polar surface area (TPSA) is 69.8 Å². The number of hydrogen-bond acceptors (Lipinski definition) is 4. The molecule has 2 aromatic rings. The molecule has 0 saturated heterocycles. The standard InChI is InChI=1S/C11H16N4O2S/c1-5-14-7-11(10(4)13-14)18(16,17)15-9(3)6-8(2)12-15/h6-7H,5H2,1-4H3. The van der Waals surface area contributed by atoms with Gasteiger partial charge in [0.25, 0.3) is 10.0 Å². The Labute approximate surface area is 106 Å². The van der Waals surface area contributed by atoms with Gasteiger partial charge in [0.2, 0.25) is 0 Å². The summed E-state index contributed by atoms with van der Waals surface area (Å²) in [5.41, 5.74) is 1.76. The van der Waals surface area contributed by atoms with E-state index in [0.717, 1.165) is 4.09 Å². The molecule has 0 spiro atoms. The SMILES string of the molecule is CCn1cc(S(=O)(=O)n2nc(C)cc2C)c(C)n1. The second kappa shape index (κ2) is 4.24. The van der Waals surface area contributed by atoms with Crippen molar-refractivity contribution in [2.24, 2.45) is 0 Å². The first kappa shape index (κ1) is 12.8. The van der Waals surface area contributed by atoms with E-state index in [1.807, 2.05) is 6.92 Å². The quantitative estimate of drug-likeness (QED) is 0.840. The van der Waals surface area contributed by atoms with Crippen molar-refractivity contribution < 1.29 is 8.42 Å². The minimum Gasteiger partial charge on any atom is -0.271 e. The van der Waals surface area contributed by atoms with Gasteiger partial charge in [-0.05, 0) is 33.8 Å². The molecule has 0 fully saturated rings. The maximum absolute atomic E-state index is 12.5. The van der Waals surface area contributed by atoms with E-state index in [2.05, 4.69) is 10.2 Å². The predicted octanol–water partition coefficient (Wildman–Crippen LogP) is 1.26. The molecule has 6 nitrogen and oxygen atoms in total. The highest BCUT2D eigenvalue weighted by atomic mass is 32.2. The van der Waals surface area contributed by atoms with Crippen molar-refractivity contribution in [3.8, 4) is 0 Å². The van der Waals surface area contributed by atoms with Gasteiger partial charge >= 0.3 is 0 Å². The molecule has 0 aliphatic carbocycles. The van der Waals surface area contributed by atoms with Crippen LogP contribution < -0.4 is 0 Å². The van der Waals surface area contributed by atoms with E-state index in [9.17, 15) is 8.42 Å². The molecule has 0 unspecified atom stereocenters. The summed E-state index contributed by atoms with van der Waals surface area (Å²) < 4.78 is 27.6. The highest BCUT2D eigenvalue weighted by molar-refractivity contribution is 7.90. The van der Waals surface area contributed by atoms with Gasteiger partial charge in [0, 0.05) is 12.7 Å². The first-order valence-corrected chi connectivity index (χ1v) is 7.13. The second-order valence-corrected chi connectivity index (χ2v) is 5.95. The fourth-order valence-corrected chi connectivity index (χ4v) is 3.38. The van der Waals surface area contributed by atoms with Gasteiger partial charge in [-0.25, -0.2) is 0 Å². The molecular formula is C11H16N4O2S. The Morgan fingerprint density at radius 1 is 1.22 bits per heavy atom. The van der Waals surface area contributed by atoms with Crippen LogP contribution in [0.4, 0.5) is 0 Å². The Hall–Kier alpha value is -1.63. The zero-order chi connectivity index (χ0) is 13.5. The average molecular weight is 268 g/mol. The fourth-order valence-electron chi connectivity index (χ4n) is 1.86. The van der Waals surface area contributed by atoms with Crippen LogP contribution in [0.1, 0.15) is 24.0 Å². The number of rotatable bonds is 3. The Kier molecular flexibility index (Phi) is 3.02. The molecule has 98 valence electrons. The van der Waals surface area contributed by atoms with E-state index in [-0.39, 0.29) is 4.90 Å². The minimum absolute atomic E-state index is 0.204. The summed E-state index contributed by atoms with van der Waals surface area (Å²) in [4.78, 5) is 0.204. The van der Waals surface area contributed by atoms with Crippen LogP contribution in [-0.4, -0.2) is 27.4 Å². The molecule has 0 aliphatic rings. The van der Waals surface area contributed by atoms with Crippen molar-refractivity contribution in [3.05, 3.63) is 29.3 Å². The lowest BCUT2D eigenvalue weighted by molar-refractivity contribution is 0.577. The van der Waals surface area contributed by atoms with Crippen LogP contribution in [0, 0.1) is 20.8 Å². The lowest BCUT2D eigenvalue weighted by Crippen LogP contribution is -2.16. The number of hydrogen-bond donors (Lipinski definition) is 0. The summed E-state index contributed by atoms with van der Waals surface area (Å²) in [5.74, 6) is 0. The fraction of sp³-hybridized carbons (Fsp3) is 0.455. The van der Waals surface area contributed by atoms with Crippen LogP contribution in [0.3, 0.4) is 0 Å². The molecule has 0 radical (unpaired) electrons. The van der Waals surface area contributed by atoms with Crippen molar-refractivity contribution in [2.75, 3.05) is 0 Å². The Bertz CT molecular complexity index is 682. The third kappa shape index (κ3) is 1.94. The van der Waals surface area contributed by atoms with Crippen molar-refractivity contribution >= 4 is 10.0 Å². The molecule has 2 heterocycles. The third-order valence-electron chi connectivity index (χ3n) is 2.70. The number of nitrogens with zero attached hydrogens (tertiary/aromatic N) is 4. The third-order valence-corrected chi connectivity index (χ3v) is 4.48. The zero-order valence-electron chi connectivity index (χ0n) is 10.9. The van der Waals surface area contributed by atoms with Gasteiger partial charge in [-0.15, -0.1) is 0 Å². The highest BCUT2D eigenvalue weighted by Gasteiger charge is 2.24. The lowest BCUT2D eigenvalue weighted by Gasteiger charge is -2.04. The maximum Gasteiger partial charge on any atom is 0.286 e. The molecule has 0 saturated carbocycles. The molecule has 7 heteroatoms. The summed E-state index contributed by atoms with van der Waals surface area (Å²) in [6, 6.07) is 1.73. The van der Waals surface area contributed by atoms with Crippen LogP contribution in [0.2, 0.25) is 0 Å². The summed E-state index contributed by atoms with van der Waals surface area (Å²) in [6.07, 6.45) is 1.54. The molecule has 0 aromatic carbocycles. The number of aryl methyl sites for hydroxylation is 4. The smallest absolute Gasteiger partial charge is 0.271 e. The molecule has 0 aliphatic heterocycles. The maximum atomic E-state index is 12.5. The Morgan fingerprint density at radius 3 is 2.33 bits per heavy atom. The van der Waals surface area contributed by atoms with E-state index in [0.29, 0.717) is 23.6 Å². The highest BCUT2D eigenvalue weighted by Crippen LogP contribution is 2.18. The average Bonchev–Trinajstić information content (AvgIpc) is 2.82. The van der Waals surface area contributed by atoms with Crippen LogP contribution in [0.25, 0.3) is 0 Å². The summed E-state index contributed by atoms with van der Waals surface area (Å²) in [6.45, 7) is 7.71. The van der Waals surface area contributed by atoms with Crippen molar-refractivity contribution in [2.45, 2.75) is 39.1 Å². The van der Waals surface area contributed by atoms with Crippen molar-refractivity contribution in [1.29, 1.82) is 0 Å². The molecule has 0 atom stereocenters. The Morgan fingerprint density at radius 2 is 1.89 bits per heavy atom. The zero-order valence-corrected chi connectivity index (χ0v) is 11.7. The monoisotopic (exact) mass is 268 g/mol. The molecule has 2 rings (SSSR count). The van der Waals surface area contributed by atoms with Gasteiger partial charge in [0.05, 0.1) is 17.1 Å². The van der Waals surface area contributed by atoms with Crippen molar-refractivity contribution in [1.82, 2.24) is 19.0 Å². The van der Waals surface area contributed by atoms with Crippen LogP contribution >= 0.6 is 0 Å². The van der Waals surface area contributed by atoms with Crippen LogP contribution in [0.5, 0.6) is 0 Å². The molecular weight excluding hydrogens is 252 g/mol. The van der Waals surface area contributed by atoms with E-state index in [1.165, 1.54) is 0 Å². The number of aromatic nitrogens is 4. The van der Waals surface area contributed by atoms with Gasteiger partial charge in [0.1, 0.15) is 4.90 Å². The Balaban J connectivity index is 2.61. The molecule has 0 bridgehead atoms. The normalized spacial score (nSPS) is 12.0. The van der Waals surface area contributed by atoms with E-state index in [4.69, 9.17) is 0 Å². The van der Waals surface area contributed by atoms with Gasteiger partial charge < -0.3 is 0 Å². The van der Waals surface area contributed by atoms with Gasteiger partial charge in [-0.1, -0.05) is 0 Å². The van der Waals surface area contributed by atoms with Crippen LogP contribution in [-0.2, 0) is 16.6 Å². The van der Waals surface area contributed by atoms with Gasteiger partial charge in [0.15, 0.2) is 0 Å². The molecule has 2 aromatic heterocycles. The summed E-state index contributed by atoms with van der Waals surface area (Å²) >= 11 is 0. The molecule has 0 N–H and O–H groups in total. The first-order chi connectivity index (χ1) is 8.36. The predicted molar refractivity (Wildman–Crippen MR) is 66.9 cm³/mol. The summed E-state index contributed by atoms with van der Waals surface area (Å²) in [7, 11) is -3.65.